The van der Waals surface area contributed by atoms with Crippen molar-refractivity contribution >= 4 is 34.0 Å². The highest BCUT2D eigenvalue weighted by Crippen LogP contribution is 2.31. The molecule has 0 bridgehead atoms. The van der Waals surface area contributed by atoms with Gasteiger partial charge in [-0.15, -0.1) is 11.3 Å². The number of amides is 2. The van der Waals surface area contributed by atoms with E-state index in [4.69, 9.17) is 4.74 Å². The molecule has 2 N–H and O–H groups in total. The Morgan fingerprint density at radius 1 is 1.11 bits per heavy atom. The number of nitrogens with zero attached hydrogens (tertiary/aromatic N) is 1. The monoisotopic (exact) mass is 403 g/mol. The summed E-state index contributed by atoms with van der Waals surface area (Å²) in [5.74, 6) is -1.53. The summed E-state index contributed by atoms with van der Waals surface area (Å²) in [5.41, 5.74) is 1.27. The van der Waals surface area contributed by atoms with Crippen molar-refractivity contribution in [1.82, 2.24) is 4.98 Å². The van der Waals surface area contributed by atoms with Crippen molar-refractivity contribution in [1.29, 1.82) is 0 Å². The highest BCUT2D eigenvalue weighted by molar-refractivity contribution is 7.14. The van der Waals surface area contributed by atoms with E-state index < -0.39 is 17.5 Å². The Labute approximate surface area is 163 Å². The fraction of sp³-hybridized carbons (Fsp3) is 0.105. The number of anilines is 2. The molecule has 2 amide bonds. The van der Waals surface area contributed by atoms with E-state index >= 15 is 0 Å². The van der Waals surface area contributed by atoms with Gasteiger partial charge in [-0.2, -0.15) is 0 Å². The maximum absolute atomic E-state index is 13.5. The molecule has 0 atom stereocenters. The van der Waals surface area contributed by atoms with Crippen LogP contribution in [0, 0.1) is 11.6 Å². The molecular formula is C19H15F2N3O3S. The second kappa shape index (κ2) is 8.57. The van der Waals surface area contributed by atoms with Gasteiger partial charge >= 0.3 is 0 Å². The van der Waals surface area contributed by atoms with E-state index in [1.165, 1.54) is 49.4 Å². The number of hydrogen-bond donors (Lipinski definition) is 2. The van der Waals surface area contributed by atoms with E-state index in [9.17, 15) is 18.4 Å². The summed E-state index contributed by atoms with van der Waals surface area (Å²) in [5, 5.41) is 7.11. The molecular weight excluding hydrogens is 388 g/mol. The quantitative estimate of drug-likeness (QED) is 0.650. The average Bonchev–Trinajstić information content (AvgIpc) is 3.08. The molecule has 0 saturated carbocycles. The first-order valence-electron chi connectivity index (χ1n) is 8.12. The molecule has 9 heteroatoms. The Balaban J connectivity index is 1.67. The van der Waals surface area contributed by atoms with Crippen LogP contribution in [-0.4, -0.2) is 23.4 Å². The molecule has 28 heavy (non-hydrogen) atoms. The summed E-state index contributed by atoms with van der Waals surface area (Å²) in [7, 11) is 0. The van der Waals surface area contributed by atoms with E-state index in [0.29, 0.717) is 16.4 Å². The summed E-state index contributed by atoms with van der Waals surface area (Å²) < 4.78 is 31.8. The summed E-state index contributed by atoms with van der Waals surface area (Å²) in [6, 6.07) is 9.41. The third kappa shape index (κ3) is 5.10. The standard InChI is InChI=1S/C19H15F2N3O3S/c1-11(25)22-16-8-13(21)5-6-15(16)17-10-28-19(23-17)24-18(26)9-27-14-4-2-3-12(20)7-14/h2-8,10H,9H2,1H3,(H,22,25)(H,23,24,26). The third-order valence-corrected chi connectivity index (χ3v) is 4.24. The summed E-state index contributed by atoms with van der Waals surface area (Å²) in [6.07, 6.45) is 0. The van der Waals surface area contributed by atoms with Gasteiger partial charge in [-0.1, -0.05) is 6.07 Å². The van der Waals surface area contributed by atoms with Gasteiger partial charge in [0.2, 0.25) is 5.91 Å². The van der Waals surface area contributed by atoms with E-state index in [2.05, 4.69) is 15.6 Å². The van der Waals surface area contributed by atoms with Crippen LogP contribution in [0.3, 0.4) is 0 Å². The Morgan fingerprint density at radius 3 is 2.64 bits per heavy atom. The lowest BCUT2D eigenvalue weighted by atomic mass is 10.1. The molecule has 1 heterocycles. The van der Waals surface area contributed by atoms with Gasteiger partial charge in [0.25, 0.3) is 5.91 Å². The molecule has 6 nitrogen and oxygen atoms in total. The largest absolute Gasteiger partial charge is 0.484 e. The lowest BCUT2D eigenvalue weighted by Gasteiger charge is -2.08. The maximum atomic E-state index is 13.5. The lowest BCUT2D eigenvalue weighted by molar-refractivity contribution is -0.118. The van der Waals surface area contributed by atoms with Crippen LogP contribution in [0.5, 0.6) is 5.75 Å². The lowest BCUT2D eigenvalue weighted by Crippen LogP contribution is -2.20. The molecule has 2 aromatic carbocycles. The fourth-order valence-electron chi connectivity index (χ4n) is 2.35. The SMILES string of the molecule is CC(=O)Nc1cc(F)ccc1-c1csc(NC(=O)COc2cccc(F)c2)n1. The van der Waals surface area contributed by atoms with Crippen molar-refractivity contribution in [2.45, 2.75) is 6.92 Å². The molecule has 0 radical (unpaired) electrons. The minimum absolute atomic E-state index is 0.237. The normalized spacial score (nSPS) is 10.4. The summed E-state index contributed by atoms with van der Waals surface area (Å²) >= 11 is 1.16. The first-order valence-corrected chi connectivity index (χ1v) is 9.00. The number of carbonyl (C=O) groups is 2. The molecule has 0 fully saturated rings. The van der Waals surface area contributed by atoms with Crippen molar-refractivity contribution in [2.75, 3.05) is 17.2 Å². The van der Waals surface area contributed by atoms with Crippen LogP contribution in [0.15, 0.2) is 47.8 Å². The highest BCUT2D eigenvalue weighted by atomic mass is 32.1. The van der Waals surface area contributed by atoms with Crippen LogP contribution in [0.25, 0.3) is 11.3 Å². The van der Waals surface area contributed by atoms with Crippen molar-refractivity contribution in [3.05, 3.63) is 59.5 Å². The Hall–Kier alpha value is -3.33. The number of halogens is 2. The molecule has 144 valence electrons. The van der Waals surface area contributed by atoms with Gasteiger partial charge in [-0.3, -0.25) is 14.9 Å². The van der Waals surface area contributed by atoms with Crippen molar-refractivity contribution in [3.63, 3.8) is 0 Å². The van der Waals surface area contributed by atoms with Crippen LogP contribution >= 0.6 is 11.3 Å². The first-order chi connectivity index (χ1) is 13.4. The second-order valence-electron chi connectivity index (χ2n) is 5.70. The van der Waals surface area contributed by atoms with Crippen LogP contribution in [0.4, 0.5) is 19.6 Å². The number of rotatable bonds is 6. The van der Waals surface area contributed by atoms with Gasteiger partial charge in [0.15, 0.2) is 11.7 Å². The number of ether oxygens (including phenoxy) is 1. The minimum atomic E-state index is -0.495. The minimum Gasteiger partial charge on any atom is -0.484 e. The third-order valence-electron chi connectivity index (χ3n) is 3.48. The smallest absolute Gasteiger partial charge is 0.264 e. The molecule has 0 spiro atoms. The number of hydrogen-bond acceptors (Lipinski definition) is 5. The number of carbonyl (C=O) groups excluding carboxylic acids is 2. The van der Waals surface area contributed by atoms with Gasteiger partial charge in [0.05, 0.1) is 11.4 Å². The highest BCUT2D eigenvalue weighted by Gasteiger charge is 2.13. The average molecular weight is 403 g/mol. The Kier molecular flexibility index (Phi) is 5.95. The number of benzene rings is 2. The summed E-state index contributed by atoms with van der Waals surface area (Å²) in [6.45, 7) is 1.01. The predicted molar refractivity (Wildman–Crippen MR) is 102 cm³/mol. The molecule has 0 aliphatic rings. The van der Waals surface area contributed by atoms with Crippen LogP contribution in [-0.2, 0) is 9.59 Å². The van der Waals surface area contributed by atoms with E-state index in [1.807, 2.05) is 0 Å². The van der Waals surface area contributed by atoms with E-state index in [1.54, 1.807) is 5.38 Å². The molecule has 0 saturated heterocycles. The number of thiazole rings is 1. The van der Waals surface area contributed by atoms with E-state index in [0.717, 1.165) is 11.3 Å². The van der Waals surface area contributed by atoms with Crippen molar-refractivity contribution in [3.8, 4) is 17.0 Å². The van der Waals surface area contributed by atoms with Crippen molar-refractivity contribution < 1.29 is 23.1 Å². The van der Waals surface area contributed by atoms with Crippen LogP contribution in [0.1, 0.15) is 6.92 Å². The molecule has 1 aromatic heterocycles. The van der Waals surface area contributed by atoms with Gasteiger partial charge in [-0.25, -0.2) is 13.8 Å². The van der Waals surface area contributed by atoms with Gasteiger partial charge in [0, 0.05) is 23.9 Å². The van der Waals surface area contributed by atoms with Crippen LogP contribution < -0.4 is 15.4 Å². The van der Waals surface area contributed by atoms with Gasteiger partial charge in [0.1, 0.15) is 17.4 Å². The maximum Gasteiger partial charge on any atom is 0.264 e. The number of nitrogens with one attached hydrogen (secondary N) is 2. The Bertz CT molecular complexity index is 1020. The predicted octanol–water partition coefficient (Wildman–Crippen LogP) is 4.06. The zero-order chi connectivity index (χ0) is 20.1. The van der Waals surface area contributed by atoms with Gasteiger partial charge in [-0.05, 0) is 30.3 Å². The zero-order valence-electron chi connectivity index (χ0n) is 14.7. The first kappa shape index (κ1) is 19.4. The molecule has 0 unspecified atom stereocenters. The fourth-order valence-corrected chi connectivity index (χ4v) is 3.08. The second-order valence-corrected chi connectivity index (χ2v) is 6.56. The Morgan fingerprint density at radius 2 is 1.89 bits per heavy atom. The number of aromatic nitrogens is 1. The molecule has 3 rings (SSSR count). The molecule has 0 aliphatic carbocycles. The molecule has 0 aliphatic heterocycles. The van der Waals surface area contributed by atoms with Gasteiger partial charge < -0.3 is 10.1 Å². The van der Waals surface area contributed by atoms with E-state index in [-0.39, 0.29) is 24.0 Å². The zero-order valence-corrected chi connectivity index (χ0v) is 15.5. The summed E-state index contributed by atoms with van der Waals surface area (Å²) in [4.78, 5) is 27.6. The van der Waals surface area contributed by atoms with Crippen LogP contribution in [0.2, 0.25) is 0 Å². The topological polar surface area (TPSA) is 80.3 Å². The molecule has 3 aromatic rings. The van der Waals surface area contributed by atoms with Crippen molar-refractivity contribution in [2.24, 2.45) is 0 Å².